The van der Waals surface area contributed by atoms with Crippen LogP contribution in [0.5, 0.6) is 0 Å². The van der Waals surface area contributed by atoms with Crippen LogP contribution in [0.4, 0.5) is 10.1 Å². The molecular formula is C20H17FN2O5. The molecule has 0 aromatic heterocycles. The number of halogens is 1. The van der Waals surface area contributed by atoms with Gasteiger partial charge in [0.2, 0.25) is 5.91 Å². The molecule has 8 heteroatoms. The van der Waals surface area contributed by atoms with Gasteiger partial charge >= 0.3 is 5.97 Å². The van der Waals surface area contributed by atoms with E-state index in [1.54, 1.807) is 30.3 Å². The van der Waals surface area contributed by atoms with Crippen molar-refractivity contribution in [2.24, 2.45) is 0 Å². The summed E-state index contributed by atoms with van der Waals surface area (Å²) in [6.07, 6.45) is -1.24. The van der Waals surface area contributed by atoms with Crippen LogP contribution in [0.1, 0.15) is 22.8 Å². The van der Waals surface area contributed by atoms with E-state index in [-0.39, 0.29) is 12.1 Å². The fraction of sp³-hybridized carbons (Fsp3) is 0.200. The molecule has 0 aliphatic carbocycles. The van der Waals surface area contributed by atoms with Crippen LogP contribution in [-0.4, -0.2) is 41.2 Å². The van der Waals surface area contributed by atoms with Gasteiger partial charge in [0.1, 0.15) is 12.4 Å². The Morgan fingerprint density at radius 1 is 1.14 bits per heavy atom. The van der Waals surface area contributed by atoms with Crippen LogP contribution in [0.2, 0.25) is 0 Å². The molecular weight excluding hydrogens is 367 g/mol. The van der Waals surface area contributed by atoms with Crippen LogP contribution >= 0.6 is 0 Å². The summed E-state index contributed by atoms with van der Waals surface area (Å²) in [4.78, 5) is 49.6. The molecule has 2 aromatic carbocycles. The summed E-state index contributed by atoms with van der Waals surface area (Å²) >= 11 is 0. The molecule has 0 unspecified atom stereocenters. The molecule has 1 aliphatic heterocycles. The number of carbonyl (C=O) groups excluding carboxylic acids is 4. The van der Waals surface area contributed by atoms with Crippen LogP contribution in [0.25, 0.3) is 0 Å². The quantitative estimate of drug-likeness (QED) is 0.628. The van der Waals surface area contributed by atoms with Gasteiger partial charge in [0.05, 0.1) is 12.1 Å². The summed E-state index contributed by atoms with van der Waals surface area (Å²) in [6, 6.07) is 12.2. The monoisotopic (exact) mass is 384 g/mol. The average molecular weight is 384 g/mol. The summed E-state index contributed by atoms with van der Waals surface area (Å²) in [6.45, 7) is 0.701. The molecule has 0 saturated carbocycles. The highest BCUT2D eigenvalue weighted by Crippen LogP contribution is 2.19. The summed E-state index contributed by atoms with van der Waals surface area (Å²) < 4.78 is 18.6. The second-order valence-electron chi connectivity index (χ2n) is 6.22. The van der Waals surface area contributed by atoms with Gasteiger partial charge in [-0.2, -0.15) is 0 Å². The van der Waals surface area contributed by atoms with Gasteiger partial charge in [-0.1, -0.05) is 30.3 Å². The Morgan fingerprint density at radius 2 is 1.82 bits per heavy atom. The van der Waals surface area contributed by atoms with Crippen molar-refractivity contribution < 1.29 is 28.3 Å². The van der Waals surface area contributed by atoms with Gasteiger partial charge in [0, 0.05) is 5.56 Å². The Balaban J connectivity index is 1.60. The third kappa shape index (κ3) is 4.06. The molecule has 0 radical (unpaired) electrons. The number of carbonyl (C=O) groups is 4. The molecule has 0 spiro atoms. The predicted octanol–water partition coefficient (Wildman–Crippen LogP) is 1.92. The molecule has 3 rings (SSSR count). The number of rotatable bonds is 5. The fourth-order valence-electron chi connectivity index (χ4n) is 2.77. The van der Waals surface area contributed by atoms with Gasteiger partial charge in [-0.05, 0) is 30.7 Å². The first-order valence-corrected chi connectivity index (χ1v) is 8.54. The molecule has 28 heavy (non-hydrogen) atoms. The first kappa shape index (κ1) is 19.2. The number of esters is 1. The zero-order valence-corrected chi connectivity index (χ0v) is 15.0. The van der Waals surface area contributed by atoms with Gasteiger partial charge < -0.3 is 10.1 Å². The highest BCUT2D eigenvalue weighted by atomic mass is 19.1. The summed E-state index contributed by atoms with van der Waals surface area (Å²) in [7, 11) is 0. The second-order valence-corrected chi connectivity index (χ2v) is 6.22. The Labute approximate surface area is 160 Å². The van der Waals surface area contributed by atoms with Gasteiger partial charge in [-0.15, -0.1) is 0 Å². The van der Waals surface area contributed by atoms with Crippen LogP contribution in [0, 0.1) is 5.82 Å². The summed E-state index contributed by atoms with van der Waals surface area (Å²) in [5, 5.41) is 2.31. The van der Waals surface area contributed by atoms with E-state index in [9.17, 15) is 23.6 Å². The highest BCUT2D eigenvalue weighted by Gasteiger charge is 2.33. The minimum atomic E-state index is -1.24. The molecule has 1 aliphatic rings. The molecule has 1 heterocycles. The Bertz CT molecular complexity index is 959. The van der Waals surface area contributed by atoms with Crippen molar-refractivity contribution in [3.05, 3.63) is 65.5 Å². The first-order chi connectivity index (χ1) is 13.4. The zero-order chi connectivity index (χ0) is 20.3. The number of fused-ring (bicyclic) bond motifs is 1. The van der Waals surface area contributed by atoms with Gasteiger partial charge in [-0.3, -0.25) is 24.1 Å². The lowest BCUT2D eigenvalue weighted by molar-refractivity contribution is -0.155. The summed E-state index contributed by atoms with van der Waals surface area (Å²) in [5.74, 6) is -3.40. The number of nitrogens with zero attached hydrogens (tertiary/aromatic N) is 1. The Hall–Kier alpha value is -3.55. The number of benzene rings is 2. The third-order valence-electron chi connectivity index (χ3n) is 4.23. The van der Waals surface area contributed by atoms with E-state index in [4.69, 9.17) is 4.74 Å². The molecule has 3 amide bonds. The maximum absolute atomic E-state index is 13.6. The Kier molecular flexibility index (Phi) is 5.49. The lowest BCUT2D eigenvalue weighted by atomic mass is 9.98. The van der Waals surface area contributed by atoms with Crippen molar-refractivity contribution in [3.63, 3.8) is 0 Å². The minimum Gasteiger partial charge on any atom is -0.451 e. The highest BCUT2D eigenvalue weighted by molar-refractivity contribution is 6.11. The number of amides is 3. The van der Waals surface area contributed by atoms with Crippen molar-refractivity contribution in [2.75, 3.05) is 11.9 Å². The number of imide groups is 1. The minimum absolute atomic E-state index is 0.00147. The number of anilines is 1. The van der Waals surface area contributed by atoms with Gasteiger partial charge in [0.25, 0.3) is 11.8 Å². The lowest BCUT2D eigenvalue weighted by Gasteiger charge is -2.26. The van der Waals surface area contributed by atoms with E-state index >= 15 is 0 Å². The van der Waals surface area contributed by atoms with Crippen molar-refractivity contribution in [1.82, 2.24) is 4.90 Å². The molecule has 144 valence electrons. The largest absolute Gasteiger partial charge is 0.451 e. The molecule has 1 atom stereocenters. The number of hydrogen-bond acceptors (Lipinski definition) is 5. The van der Waals surface area contributed by atoms with E-state index in [1.165, 1.54) is 25.1 Å². The lowest BCUT2D eigenvalue weighted by Crippen LogP contribution is -2.46. The molecule has 2 aromatic rings. The first-order valence-electron chi connectivity index (χ1n) is 8.54. The van der Waals surface area contributed by atoms with E-state index in [2.05, 4.69) is 5.32 Å². The Morgan fingerprint density at radius 3 is 2.57 bits per heavy atom. The molecule has 7 nitrogen and oxygen atoms in total. The number of hydrogen-bond donors (Lipinski definition) is 1. The fourth-order valence-corrected chi connectivity index (χ4v) is 2.77. The molecule has 0 fully saturated rings. The standard InChI is InChI=1S/C20H17FN2O5/c1-12(19(26)22-16-9-5-4-8-15(16)21)28-18(25)11-23-17(24)10-13-6-2-3-7-14(13)20(23)27/h2-9,12H,10-11H2,1H3,(H,22,26)/t12-/m0/s1. The van der Waals surface area contributed by atoms with E-state index in [0.717, 1.165) is 4.90 Å². The van der Waals surface area contributed by atoms with Crippen molar-refractivity contribution in [1.29, 1.82) is 0 Å². The average Bonchev–Trinajstić information content (AvgIpc) is 2.67. The molecule has 1 N–H and O–H groups in total. The van der Waals surface area contributed by atoms with Crippen molar-refractivity contribution in [2.45, 2.75) is 19.4 Å². The SMILES string of the molecule is C[C@H](OC(=O)CN1C(=O)Cc2ccccc2C1=O)C(=O)Nc1ccccc1F. The zero-order valence-electron chi connectivity index (χ0n) is 15.0. The smallest absolute Gasteiger partial charge is 0.326 e. The molecule has 0 saturated heterocycles. The number of para-hydroxylation sites is 1. The third-order valence-corrected chi connectivity index (χ3v) is 4.23. The maximum atomic E-state index is 13.6. The predicted molar refractivity (Wildman–Crippen MR) is 96.8 cm³/mol. The van der Waals surface area contributed by atoms with Crippen LogP contribution in [-0.2, 0) is 25.5 Å². The second kappa shape index (κ2) is 7.99. The maximum Gasteiger partial charge on any atom is 0.326 e. The number of ether oxygens (including phenoxy) is 1. The normalized spacial score (nSPS) is 14.3. The van der Waals surface area contributed by atoms with Gasteiger partial charge in [-0.25, -0.2) is 4.39 Å². The van der Waals surface area contributed by atoms with E-state index in [1.807, 2.05) is 0 Å². The van der Waals surface area contributed by atoms with Gasteiger partial charge in [0.15, 0.2) is 6.10 Å². The van der Waals surface area contributed by atoms with Crippen molar-refractivity contribution >= 4 is 29.4 Å². The van der Waals surface area contributed by atoms with Crippen molar-refractivity contribution in [3.8, 4) is 0 Å². The topological polar surface area (TPSA) is 92.8 Å². The summed E-state index contributed by atoms with van der Waals surface area (Å²) in [5.41, 5.74) is 0.897. The van der Waals surface area contributed by atoms with Crippen LogP contribution in [0.15, 0.2) is 48.5 Å². The number of nitrogens with one attached hydrogen (secondary N) is 1. The van der Waals surface area contributed by atoms with Crippen LogP contribution in [0.3, 0.4) is 0 Å². The molecule has 0 bridgehead atoms. The van der Waals surface area contributed by atoms with E-state index in [0.29, 0.717) is 11.1 Å². The van der Waals surface area contributed by atoms with Crippen LogP contribution < -0.4 is 5.32 Å². The van der Waals surface area contributed by atoms with E-state index < -0.39 is 42.2 Å².